The quantitative estimate of drug-likeness (QED) is 0.895. The number of ether oxygens (including phenoxy) is 2. The Bertz CT molecular complexity index is 576. The van der Waals surface area contributed by atoms with E-state index in [2.05, 4.69) is 4.98 Å². The average Bonchev–Trinajstić information content (AvgIpc) is 2.96. The highest BCUT2D eigenvalue weighted by atomic mass is 16.5. The summed E-state index contributed by atoms with van der Waals surface area (Å²) in [4.78, 5) is 18.7. The third-order valence-corrected chi connectivity index (χ3v) is 5.44. The van der Waals surface area contributed by atoms with Crippen LogP contribution >= 0.6 is 0 Å². The Morgan fingerprint density at radius 1 is 1.38 bits per heavy atom. The molecule has 1 N–H and O–H groups in total. The van der Waals surface area contributed by atoms with E-state index in [9.17, 15) is 9.90 Å². The van der Waals surface area contributed by atoms with Crippen molar-refractivity contribution in [3.8, 4) is 0 Å². The van der Waals surface area contributed by atoms with E-state index in [1.165, 1.54) is 0 Å². The minimum Gasteiger partial charge on any atom is -0.393 e. The van der Waals surface area contributed by atoms with Gasteiger partial charge < -0.3 is 19.5 Å². The van der Waals surface area contributed by atoms with Crippen molar-refractivity contribution in [1.29, 1.82) is 0 Å². The molecular formula is C18H24N2O4. The molecule has 6 nitrogen and oxygen atoms in total. The first-order valence-corrected chi connectivity index (χ1v) is 8.83. The van der Waals surface area contributed by atoms with Crippen molar-refractivity contribution < 1.29 is 19.4 Å². The highest BCUT2D eigenvalue weighted by Gasteiger charge is 2.49. The second-order valence-corrected chi connectivity index (χ2v) is 7.06. The van der Waals surface area contributed by atoms with Gasteiger partial charge in [0.15, 0.2) is 0 Å². The Morgan fingerprint density at radius 2 is 2.17 bits per heavy atom. The van der Waals surface area contributed by atoms with Crippen molar-refractivity contribution in [1.82, 2.24) is 9.88 Å². The highest BCUT2D eigenvalue weighted by molar-refractivity contribution is 5.80. The van der Waals surface area contributed by atoms with E-state index in [1.807, 2.05) is 17.0 Å². The third-order valence-electron chi connectivity index (χ3n) is 5.44. The van der Waals surface area contributed by atoms with Crippen LogP contribution in [0.4, 0.5) is 0 Å². The molecule has 1 aliphatic carbocycles. The van der Waals surface area contributed by atoms with Crippen LogP contribution in [0.5, 0.6) is 0 Å². The van der Waals surface area contributed by atoms with Crippen LogP contribution in [0.25, 0.3) is 0 Å². The van der Waals surface area contributed by atoms with Gasteiger partial charge in [0.05, 0.1) is 18.8 Å². The molecule has 3 heterocycles. The number of carbonyl (C=O) groups is 1. The Kier molecular flexibility index (Phi) is 4.52. The summed E-state index contributed by atoms with van der Waals surface area (Å²) in [7, 11) is 0. The molecule has 0 spiro atoms. The predicted molar refractivity (Wildman–Crippen MR) is 86.0 cm³/mol. The number of hydrogen-bond donors (Lipinski definition) is 1. The minimum atomic E-state index is -0.307. The lowest BCUT2D eigenvalue weighted by Gasteiger charge is -2.37. The van der Waals surface area contributed by atoms with Crippen LogP contribution in [0, 0.1) is 5.92 Å². The molecular weight excluding hydrogens is 308 g/mol. The number of rotatable bonds is 4. The maximum absolute atomic E-state index is 12.7. The van der Waals surface area contributed by atoms with Crippen molar-refractivity contribution in [2.45, 2.75) is 56.6 Å². The Morgan fingerprint density at radius 3 is 2.92 bits per heavy atom. The molecule has 1 amide bonds. The second-order valence-electron chi connectivity index (χ2n) is 7.06. The number of nitrogens with zero attached hydrogens (tertiary/aromatic N) is 2. The number of hydrogen-bond acceptors (Lipinski definition) is 5. The summed E-state index contributed by atoms with van der Waals surface area (Å²) in [6.45, 7) is 1.83. The molecule has 4 rings (SSSR count). The lowest BCUT2D eigenvalue weighted by molar-refractivity contribution is -0.145. The number of carbonyl (C=O) groups excluding carboxylic acids is 1. The summed E-state index contributed by atoms with van der Waals surface area (Å²) in [6.07, 6.45) is 6.23. The summed E-state index contributed by atoms with van der Waals surface area (Å²) in [5, 5.41) is 9.48. The van der Waals surface area contributed by atoms with Gasteiger partial charge in [0.1, 0.15) is 12.2 Å². The zero-order valence-electron chi connectivity index (χ0n) is 13.7. The minimum absolute atomic E-state index is 0.0264. The molecule has 0 aromatic carbocycles. The molecule has 130 valence electrons. The molecule has 3 atom stereocenters. The van der Waals surface area contributed by atoms with Crippen molar-refractivity contribution in [3.05, 3.63) is 30.1 Å². The van der Waals surface area contributed by atoms with Gasteiger partial charge in [-0.25, -0.2) is 0 Å². The SMILES string of the molecule is O=C(C1CC(O)C1)N1C[C@H](OCc2ccncc2)[C@H]2OCCC[C@H]21. The highest BCUT2D eigenvalue weighted by Crippen LogP contribution is 2.36. The zero-order chi connectivity index (χ0) is 16.5. The molecule has 0 unspecified atom stereocenters. The van der Waals surface area contributed by atoms with E-state index >= 15 is 0 Å². The third kappa shape index (κ3) is 3.06. The van der Waals surface area contributed by atoms with Crippen LogP contribution in [0.1, 0.15) is 31.2 Å². The number of likely N-dealkylation sites (tertiary alicyclic amines) is 1. The Labute approximate surface area is 141 Å². The lowest BCUT2D eigenvalue weighted by atomic mass is 9.81. The predicted octanol–water partition coefficient (Wildman–Crippen LogP) is 1.13. The van der Waals surface area contributed by atoms with Crippen LogP contribution in [-0.4, -0.2) is 58.4 Å². The summed E-state index contributed by atoms with van der Waals surface area (Å²) >= 11 is 0. The fourth-order valence-corrected chi connectivity index (χ4v) is 4.02. The smallest absolute Gasteiger partial charge is 0.226 e. The van der Waals surface area contributed by atoms with Gasteiger partial charge in [0.25, 0.3) is 0 Å². The fourth-order valence-electron chi connectivity index (χ4n) is 4.02. The Balaban J connectivity index is 1.42. The first-order chi connectivity index (χ1) is 11.7. The van der Waals surface area contributed by atoms with Crippen LogP contribution < -0.4 is 0 Å². The summed E-state index contributed by atoms with van der Waals surface area (Å²) in [6, 6.07) is 3.99. The van der Waals surface area contributed by atoms with E-state index in [0.29, 0.717) is 26.0 Å². The second kappa shape index (κ2) is 6.78. The molecule has 24 heavy (non-hydrogen) atoms. The van der Waals surface area contributed by atoms with Gasteiger partial charge in [-0.3, -0.25) is 9.78 Å². The molecule has 6 heteroatoms. The van der Waals surface area contributed by atoms with Gasteiger partial charge in [-0.1, -0.05) is 0 Å². The van der Waals surface area contributed by atoms with Gasteiger partial charge in [-0.15, -0.1) is 0 Å². The average molecular weight is 332 g/mol. The van der Waals surface area contributed by atoms with E-state index < -0.39 is 0 Å². The number of aliphatic hydroxyl groups excluding tert-OH is 1. The summed E-state index contributed by atoms with van der Waals surface area (Å²) in [5.74, 6) is 0.136. The molecule has 1 aromatic rings. The molecule has 2 saturated heterocycles. The van der Waals surface area contributed by atoms with E-state index in [0.717, 1.165) is 25.0 Å². The van der Waals surface area contributed by atoms with Crippen LogP contribution in [-0.2, 0) is 20.9 Å². The lowest BCUT2D eigenvalue weighted by Crippen LogP contribution is -2.48. The molecule has 1 saturated carbocycles. The normalized spacial score (nSPS) is 35.4. The topological polar surface area (TPSA) is 71.9 Å². The number of amides is 1. The van der Waals surface area contributed by atoms with Crippen LogP contribution in [0.2, 0.25) is 0 Å². The largest absolute Gasteiger partial charge is 0.393 e. The summed E-state index contributed by atoms with van der Waals surface area (Å²) in [5.41, 5.74) is 1.07. The first-order valence-electron chi connectivity index (χ1n) is 8.83. The number of aromatic nitrogens is 1. The van der Waals surface area contributed by atoms with E-state index in [-0.39, 0.29) is 36.2 Å². The van der Waals surface area contributed by atoms with E-state index in [1.54, 1.807) is 12.4 Å². The molecule has 2 aliphatic heterocycles. The van der Waals surface area contributed by atoms with Crippen molar-refractivity contribution in [3.63, 3.8) is 0 Å². The van der Waals surface area contributed by atoms with Crippen LogP contribution in [0.3, 0.4) is 0 Å². The van der Waals surface area contributed by atoms with Gasteiger partial charge >= 0.3 is 0 Å². The Hall–Kier alpha value is -1.50. The monoisotopic (exact) mass is 332 g/mol. The number of fused-ring (bicyclic) bond motifs is 1. The fraction of sp³-hybridized carbons (Fsp3) is 0.667. The molecule has 0 radical (unpaired) electrons. The number of pyridine rings is 1. The zero-order valence-corrected chi connectivity index (χ0v) is 13.7. The molecule has 3 fully saturated rings. The van der Waals surface area contributed by atoms with Gasteiger partial charge in [-0.2, -0.15) is 0 Å². The van der Waals surface area contributed by atoms with Crippen molar-refractivity contribution in [2.75, 3.05) is 13.2 Å². The summed E-state index contributed by atoms with van der Waals surface area (Å²) < 4.78 is 12.1. The van der Waals surface area contributed by atoms with Gasteiger partial charge in [0.2, 0.25) is 5.91 Å². The molecule has 1 aromatic heterocycles. The van der Waals surface area contributed by atoms with Crippen molar-refractivity contribution >= 4 is 5.91 Å². The van der Waals surface area contributed by atoms with Crippen LogP contribution in [0.15, 0.2) is 24.5 Å². The maximum atomic E-state index is 12.7. The van der Waals surface area contributed by atoms with Crippen molar-refractivity contribution in [2.24, 2.45) is 5.92 Å². The maximum Gasteiger partial charge on any atom is 0.226 e. The number of aliphatic hydroxyl groups is 1. The van der Waals surface area contributed by atoms with Gasteiger partial charge in [-0.05, 0) is 43.4 Å². The van der Waals surface area contributed by atoms with E-state index in [4.69, 9.17) is 9.47 Å². The molecule has 3 aliphatic rings. The molecule has 0 bridgehead atoms. The first kappa shape index (κ1) is 16.0. The van der Waals surface area contributed by atoms with Gasteiger partial charge in [0, 0.05) is 31.5 Å². The standard InChI is InChI=1S/C18H24N2O4/c21-14-8-13(9-14)18(22)20-10-16(17-15(20)2-1-7-23-17)24-11-12-3-5-19-6-4-12/h3-6,13-17,21H,1-2,7-11H2/t13?,14?,15-,16+,17+/m1/s1.